The minimum absolute atomic E-state index is 0.0442. The molecule has 4 rings (SSSR count). The van der Waals surface area contributed by atoms with Crippen LogP contribution in [0, 0.1) is 0 Å². The van der Waals surface area contributed by atoms with Crippen molar-refractivity contribution in [1.82, 2.24) is 9.97 Å². The van der Waals surface area contributed by atoms with Gasteiger partial charge in [0.25, 0.3) is 5.92 Å². The summed E-state index contributed by atoms with van der Waals surface area (Å²) >= 11 is 3.26. The summed E-state index contributed by atoms with van der Waals surface area (Å²) in [5.74, 6) is -2.98. The second-order valence-electron chi connectivity index (χ2n) is 4.99. The molecule has 0 bridgehead atoms. The molecule has 5 heteroatoms. The van der Waals surface area contributed by atoms with Gasteiger partial charge in [0.05, 0.1) is 18.2 Å². The largest absolute Gasteiger partial charge is 0.345 e. The molecule has 0 fully saturated rings. The smallest absolute Gasteiger partial charge is 0.299 e. The van der Waals surface area contributed by atoms with Gasteiger partial charge < -0.3 is 4.98 Å². The number of nitrogens with zero attached hydrogens (tertiary/aromatic N) is 1. The highest BCUT2D eigenvalue weighted by molar-refractivity contribution is 9.10. The fourth-order valence-electron chi connectivity index (χ4n) is 2.78. The Morgan fingerprint density at radius 2 is 1.71 bits per heavy atom. The van der Waals surface area contributed by atoms with Gasteiger partial charge in [0, 0.05) is 21.2 Å². The van der Waals surface area contributed by atoms with Gasteiger partial charge in [-0.15, -0.1) is 0 Å². The highest BCUT2D eigenvalue weighted by Crippen LogP contribution is 2.52. The highest BCUT2D eigenvalue weighted by atomic mass is 79.9. The molecule has 0 saturated heterocycles. The number of fused-ring (bicyclic) bond motifs is 3. The van der Waals surface area contributed by atoms with Crippen LogP contribution in [0.2, 0.25) is 0 Å². The van der Waals surface area contributed by atoms with E-state index in [1.54, 1.807) is 24.4 Å². The number of aromatic nitrogens is 2. The Labute approximate surface area is 128 Å². The number of benzene rings is 2. The third-order valence-electron chi connectivity index (χ3n) is 3.78. The lowest BCUT2D eigenvalue weighted by Crippen LogP contribution is -2.11. The molecule has 1 aliphatic carbocycles. The van der Waals surface area contributed by atoms with E-state index in [1.165, 1.54) is 18.5 Å². The van der Waals surface area contributed by atoms with Gasteiger partial charge in [-0.25, -0.2) is 4.98 Å². The van der Waals surface area contributed by atoms with E-state index in [1.807, 2.05) is 6.07 Å². The maximum absolute atomic E-state index is 14.7. The molecule has 1 heterocycles. The van der Waals surface area contributed by atoms with E-state index in [9.17, 15) is 8.78 Å². The van der Waals surface area contributed by atoms with Gasteiger partial charge in [0.15, 0.2) is 0 Å². The minimum Gasteiger partial charge on any atom is -0.345 e. The molecule has 21 heavy (non-hydrogen) atoms. The third kappa shape index (κ3) is 1.77. The van der Waals surface area contributed by atoms with Gasteiger partial charge in [0.1, 0.15) is 0 Å². The predicted molar refractivity (Wildman–Crippen MR) is 80.2 cm³/mol. The van der Waals surface area contributed by atoms with E-state index in [2.05, 4.69) is 25.9 Å². The van der Waals surface area contributed by atoms with Crippen LogP contribution in [-0.4, -0.2) is 9.97 Å². The van der Waals surface area contributed by atoms with Crippen molar-refractivity contribution in [2.75, 3.05) is 0 Å². The SMILES string of the molecule is FC1(F)c2cc(Br)ccc2-c2ccc(-c3cnc[nH]3)cc21. The lowest BCUT2D eigenvalue weighted by atomic mass is 10.0. The molecule has 0 spiro atoms. The number of nitrogens with one attached hydrogen (secondary N) is 1. The van der Waals surface area contributed by atoms with Crippen LogP contribution in [0.3, 0.4) is 0 Å². The highest BCUT2D eigenvalue weighted by Gasteiger charge is 2.44. The molecule has 0 aliphatic heterocycles. The average molecular weight is 347 g/mol. The molecule has 1 aromatic heterocycles. The Bertz CT molecular complexity index is 841. The fourth-order valence-corrected chi connectivity index (χ4v) is 3.14. The third-order valence-corrected chi connectivity index (χ3v) is 4.27. The molecule has 0 saturated carbocycles. The Hall–Kier alpha value is -2.01. The normalized spacial score (nSPS) is 14.8. The second kappa shape index (κ2) is 4.24. The Morgan fingerprint density at radius 1 is 1.00 bits per heavy atom. The van der Waals surface area contributed by atoms with Crippen molar-refractivity contribution in [2.45, 2.75) is 5.92 Å². The molecular weight excluding hydrogens is 338 g/mol. The summed E-state index contributed by atoms with van der Waals surface area (Å²) in [6.45, 7) is 0. The number of imidazole rings is 1. The number of hydrogen-bond acceptors (Lipinski definition) is 1. The van der Waals surface area contributed by atoms with Crippen LogP contribution >= 0.6 is 15.9 Å². The van der Waals surface area contributed by atoms with Crippen LogP contribution in [-0.2, 0) is 5.92 Å². The Morgan fingerprint density at radius 3 is 2.43 bits per heavy atom. The van der Waals surface area contributed by atoms with E-state index in [-0.39, 0.29) is 11.1 Å². The van der Waals surface area contributed by atoms with Crippen LogP contribution in [0.15, 0.2) is 53.4 Å². The zero-order chi connectivity index (χ0) is 14.6. The van der Waals surface area contributed by atoms with E-state index in [0.29, 0.717) is 21.2 Å². The molecule has 1 aliphatic rings. The molecule has 0 amide bonds. The molecule has 104 valence electrons. The molecular formula is C16H9BrF2N2. The quantitative estimate of drug-likeness (QED) is 0.662. The predicted octanol–water partition coefficient (Wildman–Crippen LogP) is 4.96. The first kappa shape index (κ1) is 12.7. The number of rotatable bonds is 1. The summed E-state index contributed by atoms with van der Waals surface area (Å²) in [6.07, 6.45) is 3.16. The zero-order valence-corrected chi connectivity index (χ0v) is 12.3. The fraction of sp³-hybridized carbons (Fsp3) is 0.0625. The second-order valence-corrected chi connectivity index (χ2v) is 5.91. The summed E-state index contributed by atoms with van der Waals surface area (Å²) in [7, 11) is 0. The summed E-state index contributed by atoms with van der Waals surface area (Å²) in [5, 5.41) is 0. The van der Waals surface area contributed by atoms with Crippen molar-refractivity contribution < 1.29 is 8.78 Å². The molecule has 0 atom stereocenters. The van der Waals surface area contributed by atoms with Gasteiger partial charge in [-0.3, -0.25) is 0 Å². The van der Waals surface area contributed by atoms with Crippen molar-refractivity contribution in [2.24, 2.45) is 0 Å². The lowest BCUT2D eigenvalue weighted by Gasteiger charge is -2.13. The number of H-pyrrole nitrogens is 1. The van der Waals surface area contributed by atoms with E-state index >= 15 is 0 Å². The number of aromatic amines is 1. The van der Waals surface area contributed by atoms with Crippen LogP contribution in [0.1, 0.15) is 11.1 Å². The van der Waals surface area contributed by atoms with Crippen LogP contribution in [0.25, 0.3) is 22.4 Å². The summed E-state index contributed by atoms with van der Waals surface area (Å²) < 4.78 is 30.0. The maximum atomic E-state index is 14.7. The standard InChI is InChI=1S/C16H9BrF2N2/c17-10-2-4-12-11-3-1-9(15-7-20-8-21-15)5-13(11)16(18,19)14(12)6-10/h1-8H,(H,20,21). The van der Waals surface area contributed by atoms with Gasteiger partial charge in [0.2, 0.25) is 0 Å². The van der Waals surface area contributed by atoms with Crippen molar-refractivity contribution in [3.05, 3.63) is 64.5 Å². The zero-order valence-electron chi connectivity index (χ0n) is 10.7. The van der Waals surface area contributed by atoms with Crippen LogP contribution < -0.4 is 0 Å². The van der Waals surface area contributed by atoms with Gasteiger partial charge >= 0.3 is 0 Å². The van der Waals surface area contributed by atoms with Crippen molar-refractivity contribution in [1.29, 1.82) is 0 Å². The van der Waals surface area contributed by atoms with E-state index < -0.39 is 5.92 Å². The number of alkyl halides is 2. The topological polar surface area (TPSA) is 28.7 Å². The molecule has 2 aromatic carbocycles. The van der Waals surface area contributed by atoms with Crippen LogP contribution in [0.4, 0.5) is 8.78 Å². The number of hydrogen-bond donors (Lipinski definition) is 1. The van der Waals surface area contributed by atoms with Gasteiger partial charge in [-0.05, 0) is 29.3 Å². The molecule has 0 radical (unpaired) electrons. The summed E-state index contributed by atoms with van der Waals surface area (Å²) in [4.78, 5) is 6.87. The van der Waals surface area contributed by atoms with E-state index in [4.69, 9.17) is 0 Å². The Balaban J connectivity index is 1.96. The molecule has 1 N–H and O–H groups in total. The van der Waals surface area contributed by atoms with Crippen LogP contribution in [0.5, 0.6) is 0 Å². The minimum atomic E-state index is -2.98. The average Bonchev–Trinajstić information content (AvgIpc) is 3.06. The van der Waals surface area contributed by atoms with Gasteiger partial charge in [-0.1, -0.05) is 34.1 Å². The Kier molecular flexibility index (Phi) is 2.57. The number of halogens is 3. The molecule has 3 aromatic rings. The maximum Gasteiger partial charge on any atom is 0.299 e. The van der Waals surface area contributed by atoms with Crippen molar-refractivity contribution in [3.63, 3.8) is 0 Å². The lowest BCUT2D eigenvalue weighted by molar-refractivity contribution is 0.0480. The first-order chi connectivity index (χ1) is 10.1. The van der Waals surface area contributed by atoms with Gasteiger partial charge in [-0.2, -0.15) is 8.78 Å². The molecule has 2 nitrogen and oxygen atoms in total. The van der Waals surface area contributed by atoms with Crippen molar-refractivity contribution in [3.8, 4) is 22.4 Å². The van der Waals surface area contributed by atoms with E-state index in [0.717, 1.165) is 5.69 Å². The summed E-state index contributed by atoms with van der Waals surface area (Å²) in [6, 6.07) is 10.1. The first-order valence-electron chi connectivity index (χ1n) is 6.39. The monoisotopic (exact) mass is 346 g/mol. The first-order valence-corrected chi connectivity index (χ1v) is 7.18. The van der Waals surface area contributed by atoms with Crippen molar-refractivity contribution >= 4 is 15.9 Å². The molecule has 0 unspecified atom stereocenters. The summed E-state index contributed by atoms with van der Waals surface area (Å²) in [5.41, 5.74) is 2.71.